The van der Waals surface area contributed by atoms with Crippen LogP contribution >= 0.6 is 0 Å². The van der Waals surface area contributed by atoms with Gasteiger partial charge in [-0.2, -0.15) is 0 Å². The highest BCUT2D eigenvalue weighted by Crippen LogP contribution is 2.13. The summed E-state index contributed by atoms with van der Waals surface area (Å²) in [6.45, 7) is 8.76. The molecule has 1 saturated heterocycles. The Morgan fingerprint density at radius 1 is 1.11 bits per heavy atom. The molecule has 1 aliphatic rings. The molecule has 0 aromatic rings. The zero-order chi connectivity index (χ0) is 13.2. The summed E-state index contributed by atoms with van der Waals surface area (Å²) < 4.78 is 5.41. The Hall–Kier alpha value is -0.120. The van der Waals surface area contributed by atoms with E-state index in [1.807, 2.05) is 0 Å². The van der Waals surface area contributed by atoms with Gasteiger partial charge in [-0.05, 0) is 45.8 Å². The first kappa shape index (κ1) is 15.9. The van der Waals surface area contributed by atoms with Crippen molar-refractivity contribution in [2.75, 3.05) is 33.4 Å². The first-order chi connectivity index (χ1) is 8.70. The number of hydrogen-bond donors (Lipinski definition) is 1. The van der Waals surface area contributed by atoms with E-state index in [9.17, 15) is 0 Å². The fourth-order valence-corrected chi connectivity index (χ4v) is 2.54. The molecule has 0 aromatic carbocycles. The van der Waals surface area contributed by atoms with Crippen molar-refractivity contribution in [1.82, 2.24) is 10.2 Å². The molecule has 1 N–H and O–H groups in total. The molecule has 1 heterocycles. The van der Waals surface area contributed by atoms with Crippen LogP contribution in [0.2, 0.25) is 0 Å². The predicted octanol–water partition coefficient (Wildman–Crippen LogP) is 2.66. The van der Waals surface area contributed by atoms with E-state index in [0.29, 0.717) is 6.04 Å². The molecular formula is C15H32N2O. The Morgan fingerprint density at radius 2 is 1.78 bits per heavy atom. The van der Waals surface area contributed by atoms with E-state index in [1.165, 1.54) is 51.6 Å². The van der Waals surface area contributed by atoms with E-state index in [-0.39, 0.29) is 0 Å². The lowest BCUT2D eigenvalue weighted by molar-refractivity contribution is 0.0426. The van der Waals surface area contributed by atoms with E-state index in [1.54, 1.807) is 0 Å². The number of ether oxygens (including phenoxy) is 1. The van der Waals surface area contributed by atoms with Crippen LogP contribution in [0.25, 0.3) is 0 Å². The van der Waals surface area contributed by atoms with E-state index in [4.69, 9.17) is 4.74 Å². The summed E-state index contributed by atoms with van der Waals surface area (Å²) in [5.74, 6) is 0. The van der Waals surface area contributed by atoms with Gasteiger partial charge in [-0.25, -0.2) is 0 Å². The van der Waals surface area contributed by atoms with Gasteiger partial charge in [-0.15, -0.1) is 0 Å². The van der Waals surface area contributed by atoms with Gasteiger partial charge in [0.05, 0.1) is 0 Å². The zero-order valence-corrected chi connectivity index (χ0v) is 12.6. The largest absolute Gasteiger partial charge is 0.381 e. The minimum atomic E-state index is 0.629. The van der Waals surface area contributed by atoms with E-state index >= 15 is 0 Å². The maximum atomic E-state index is 5.41. The van der Waals surface area contributed by atoms with Crippen LogP contribution in [0.15, 0.2) is 0 Å². The molecular weight excluding hydrogens is 224 g/mol. The summed E-state index contributed by atoms with van der Waals surface area (Å²) in [7, 11) is 2.27. The summed E-state index contributed by atoms with van der Waals surface area (Å²) in [5, 5.41) is 3.47. The van der Waals surface area contributed by atoms with Crippen LogP contribution in [-0.4, -0.2) is 50.3 Å². The quantitative estimate of drug-likeness (QED) is 0.642. The van der Waals surface area contributed by atoms with Crippen LogP contribution in [0.3, 0.4) is 0 Å². The minimum absolute atomic E-state index is 0.629. The molecule has 1 rings (SSSR count). The lowest BCUT2D eigenvalue weighted by Crippen LogP contribution is -2.37. The SMILES string of the molecule is CC(C)NCCCCCCN(C)C1CCOCC1. The van der Waals surface area contributed by atoms with Crippen molar-refractivity contribution in [2.24, 2.45) is 0 Å². The van der Waals surface area contributed by atoms with Gasteiger partial charge in [0.2, 0.25) is 0 Å². The molecule has 0 saturated carbocycles. The summed E-state index contributed by atoms with van der Waals surface area (Å²) in [6.07, 6.45) is 7.83. The molecule has 1 fully saturated rings. The molecule has 0 atom stereocenters. The number of nitrogens with one attached hydrogen (secondary N) is 1. The topological polar surface area (TPSA) is 24.5 Å². The molecule has 0 radical (unpaired) electrons. The minimum Gasteiger partial charge on any atom is -0.381 e. The highest BCUT2D eigenvalue weighted by Gasteiger charge is 2.17. The van der Waals surface area contributed by atoms with Gasteiger partial charge in [-0.3, -0.25) is 0 Å². The van der Waals surface area contributed by atoms with Crippen molar-refractivity contribution in [3.8, 4) is 0 Å². The molecule has 18 heavy (non-hydrogen) atoms. The van der Waals surface area contributed by atoms with Crippen molar-refractivity contribution in [2.45, 2.75) is 64.5 Å². The summed E-state index contributed by atoms with van der Waals surface area (Å²) in [4.78, 5) is 2.54. The second-order valence-corrected chi connectivity index (χ2v) is 5.85. The van der Waals surface area contributed by atoms with Crippen molar-refractivity contribution >= 4 is 0 Å². The highest BCUT2D eigenvalue weighted by atomic mass is 16.5. The van der Waals surface area contributed by atoms with E-state index < -0.39 is 0 Å². The standard InChI is InChI=1S/C15H32N2O/c1-14(2)16-10-6-4-5-7-11-17(3)15-8-12-18-13-9-15/h14-16H,4-13H2,1-3H3. The second kappa shape index (κ2) is 9.76. The Balaban J connectivity index is 1.90. The van der Waals surface area contributed by atoms with Crippen molar-refractivity contribution < 1.29 is 4.74 Å². The number of rotatable bonds is 9. The monoisotopic (exact) mass is 256 g/mol. The maximum absolute atomic E-state index is 5.41. The van der Waals surface area contributed by atoms with Crippen LogP contribution < -0.4 is 5.32 Å². The Labute approximate surface area is 113 Å². The molecule has 0 unspecified atom stereocenters. The summed E-state index contributed by atoms with van der Waals surface area (Å²) in [5.41, 5.74) is 0. The number of nitrogens with zero attached hydrogens (tertiary/aromatic N) is 1. The van der Waals surface area contributed by atoms with Crippen LogP contribution in [0.5, 0.6) is 0 Å². The van der Waals surface area contributed by atoms with Gasteiger partial charge in [0, 0.05) is 25.3 Å². The molecule has 0 amide bonds. The lowest BCUT2D eigenvalue weighted by atomic mass is 10.1. The van der Waals surface area contributed by atoms with Crippen LogP contribution in [0, 0.1) is 0 Å². The van der Waals surface area contributed by atoms with Crippen molar-refractivity contribution in [3.05, 3.63) is 0 Å². The summed E-state index contributed by atoms with van der Waals surface area (Å²) >= 11 is 0. The van der Waals surface area contributed by atoms with E-state index in [2.05, 4.69) is 31.1 Å². The molecule has 0 aromatic heterocycles. The third-order valence-corrected chi connectivity index (χ3v) is 3.80. The third-order valence-electron chi connectivity index (χ3n) is 3.80. The first-order valence-electron chi connectivity index (χ1n) is 7.71. The molecule has 1 aliphatic heterocycles. The second-order valence-electron chi connectivity index (χ2n) is 5.85. The zero-order valence-electron chi connectivity index (χ0n) is 12.6. The molecule has 0 aliphatic carbocycles. The van der Waals surface area contributed by atoms with E-state index in [0.717, 1.165) is 19.3 Å². The van der Waals surface area contributed by atoms with Crippen molar-refractivity contribution in [1.29, 1.82) is 0 Å². The average molecular weight is 256 g/mol. The molecule has 0 bridgehead atoms. The van der Waals surface area contributed by atoms with Gasteiger partial charge >= 0.3 is 0 Å². The Morgan fingerprint density at radius 3 is 2.44 bits per heavy atom. The first-order valence-corrected chi connectivity index (χ1v) is 7.71. The molecule has 0 spiro atoms. The normalized spacial score (nSPS) is 17.8. The summed E-state index contributed by atoms with van der Waals surface area (Å²) in [6, 6.07) is 1.39. The smallest absolute Gasteiger partial charge is 0.0480 e. The maximum Gasteiger partial charge on any atom is 0.0480 e. The highest BCUT2D eigenvalue weighted by molar-refractivity contribution is 4.71. The molecule has 3 nitrogen and oxygen atoms in total. The van der Waals surface area contributed by atoms with Crippen LogP contribution in [-0.2, 0) is 4.74 Å². The fourth-order valence-electron chi connectivity index (χ4n) is 2.54. The van der Waals surface area contributed by atoms with Crippen LogP contribution in [0.1, 0.15) is 52.4 Å². The lowest BCUT2D eigenvalue weighted by Gasteiger charge is -2.31. The Bertz CT molecular complexity index is 191. The van der Waals surface area contributed by atoms with Crippen LogP contribution in [0.4, 0.5) is 0 Å². The van der Waals surface area contributed by atoms with Gasteiger partial charge in [-0.1, -0.05) is 26.7 Å². The van der Waals surface area contributed by atoms with Gasteiger partial charge in [0.25, 0.3) is 0 Å². The molecule has 108 valence electrons. The third kappa shape index (κ3) is 7.34. The fraction of sp³-hybridized carbons (Fsp3) is 1.00. The number of unbranched alkanes of at least 4 members (excludes halogenated alkanes) is 3. The van der Waals surface area contributed by atoms with Gasteiger partial charge in [0.15, 0.2) is 0 Å². The number of hydrogen-bond acceptors (Lipinski definition) is 3. The van der Waals surface area contributed by atoms with Gasteiger partial charge in [0.1, 0.15) is 0 Å². The predicted molar refractivity (Wildman–Crippen MR) is 78.1 cm³/mol. The van der Waals surface area contributed by atoms with Crippen molar-refractivity contribution in [3.63, 3.8) is 0 Å². The Kier molecular flexibility index (Phi) is 8.64. The molecule has 3 heteroatoms. The average Bonchev–Trinajstić information content (AvgIpc) is 2.38. The van der Waals surface area contributed by atoms with Gasteiger partial charge < -0.3 is 15.0 Å².